The third-order valence-corrected chi connectivity index (χ3v) is 7.38. The number of aromatic nitrogens is 1. The molecule has 2 heterocycles. The molecular weight excluding hydrogens is 504 g/mol. The van der Waals surface area contributed by atoms with E-state index < -0.39 is 17.7 Å². The monoisotopic (exact) mass is 530 g/mol. The molecule has 0 aliphatic carbocycles. The highest BCUT2D eigenvalue weighted by molar-refractivity contribution is 7.22. The van der Waals surface area contributed by atoms with E-state index in [0.29, 0.717) is 45.6 Å². The van der Waals surface area contributed by atoms with Crippen molar-refractivity contribution >= 4 is 44.1 Å². The number of hydrogen-bond donors (Lipinski definition) is 1. The number of Topliss-reactive ketones (excluding diaryl/α,β-unsaturated/α-hetero) is 1. The number of benzene rings is 3. The number of aryl methyl sites for hydroxylation is 1. The van der Waals surface area contributed by atoms with Gasteiger partial charge in [-0.1, -0.05) is 47.2 Å². The van der Waals surface area contributed by atoms with Crippen LogP contribution >= 0.6 is 11.3 Å². The molecule has 1 amide bonds. The second kappa shape index (κ2) is 10.2. The first-order valence-corrected chi connectivity index (χ1v) is 12.8. The molecule has 0 bridgehead atoms. The zero-order chi connectivity index (χ0) is 27.0. The molecule has 0 saturated carbocycles. The molecule has 5 rings (SSSR count). The van der Waals surface area contributed by atoms with Crippen LogP contribution in [-0.2, 0) is 9.59 Å². The zero-order valence-corrected chi connectivity index (χ0v) is 22.2. The lowest BCUT2D eigenvalue weighted by Crippen LogP contribution is -2.29. The van der Waals surface area contributed by atoms with Crippen LogP contribution in [0.1, 0.15) is 29.7 Å². The molecule has 1 aliphatic heterocycles. The molecule has 3 aromatic carbocycles. The number of ketones is 1. The maximum absolute atomic E-state index is 13.5. The molecule has 194 valence electrons. The third-order valence-electron chi connectivity index (χ3n) is 6.36. The smallest absolute Gasteiger partial charge is 0.301 e. The number of carbonyl (C=O) groups is 2. The Balaban J connectivity index is 1.72. The Morgan fingerprint density at radius 3 is 2.45 bits per heavy atom. The molecule has 0 spiro atoms. The number of hydrogen-bond acceptors (Lipinski definition) is 8. The lowest BCUT2D eigenvalue weighted by Gasteiger charge is -2.24. The number of nitrogens with zero attached hydrogens (tertiary/aromatic N) is 2. The van der Waals surface area contributed by atoms with Crippen LogP contribution in [0.3, 0.4) is 0 Å². The number of anilines is 1. The fraction of sp³-hybridized carbons (Fsp3) is 0.207. The summed E-state index contributed by atoms with van der Waals surface area (Å²) in [5, 5.41) is 11.7. The second-order valence-electron chi connectivity index (χ2n) is 8.71. The highest BCUT2D eigenvalue weighted by atomic mass is 32.1. The normalized spacial score (nSPS) is 16.7. The van der Waals surface area contributed by atoms with Crippen LogP contribution < -0.4 is 19.1 Å². The Labute approximate surface area is 223 Å². The second-order valence-corrected chi connectivity index (χ2v) is 9.72. The number of methoxy groups -OCH3 is 2. The van der Waals surface area contributed by atoms with Crippen LogP contribution in [0.5, 0.6) is 17.2 Å². The molecule has 1 aliphatic rings. The lowest BCUT2D eigenvalue weighted by atomic mass is 9.95. The van der Waals surface area contributed by atoms with E-state index >= 15 is 0 Å². The van der Waals surface area contributed by atoms with Crippen LogP contribution in [0.15, 0.2) is 66.2 Å². The standard InChI is InChI=1S/C29H26N2O6S/c1-5-37-21-13-10-18(14-22(21)36-4)25-24(26(32)17-8-6-16(2)7-9-17)27(33)28(34)31(25)29-30-20-12-11-19(35-3)15-23(20)38-29/h6-15,25,32H,5H2,1-4H3/b26-24+. The third kappa shape index (κ3) is 4.35. The van der Waals surface area contributed by atoms with Gasteiger partial charge in [0.25, 0.3) is 5.78 Å². The predicted octanol–water partition coefficient (Wildman–Crippen LogP) is 5.65. The van der Waals surface area contributed by atoms with Gasteiger partial charge in [-0.25, -0.2) is 4.98 Å². The topological polar surface area (TPSA) is 98.2 Å². The molecule has 1 N–H and O–H groups in total. The zero-order valence-electron chi connectivity index (χ0n) is 21.3. The number of amides is 1. The van der Waals surface area contributed by atoms with Crippen molar-refractivity contribution in [3.8, 4) is 17.2 Å². The van der Waals surface area contributed by atoms with E-state index in [-0.39, 0.29) is 11.3 Å². The molecule has 38 heavy (non-hydrogen) atoms. The molecular formula is C29H26N2O6S. The quantitative estimate of drug-likeness (QED) is 0.187. The van der Waals surface area contributed by atoms with Crippen molar-refractivity contribution < 1.29 is 28.9 Å². The van der Waals surface area contributed by atoms with Crippen molar-refractivity contribution in [3.05, 3.63) is 82.9 Å². The summed E-state index contributed by atoms with van der Waals surface area (Å²) in [6, 6.07) is 16.8. The summed E-state index contributed by atoms with van der Waals surface area (Å²) >= 11 is 1.26. The van der Waals surface area contributed by atoms with Crippen LogP contribution in [-0.4, -0.2) is 42.6 Å². The Hall–Kier alpha value is -4.37. The highest BCUT2D eigenvalue weighted by Gasteiger charge is 2.48. The summed E-state index contributed by atoms with van der Waals surface area (Å²) in [5.74, 6) is -0.200. The van der Waals surface area contributed by atoms with Gasteiger partial charge in [-0.3, -0.25) is 14.5 Å². The Bertz CT molecular complexity index is 1570. The van der Waals surface area contributed by atoms with Crippen molar-refractivity contribution in [1.29, 1.82) is 0 Å². The largest absolute Gasteiger partial charge is 0.507 e. The number of fused-ring (bicyclic) bond motifs is 1. The summed E-state index contributed by atoms with van der Waals surface area (Å²) in [4.78, 5) is 33.0. The molecule has 9 heteroatoms. The van der Waals surface area contributed by atoms with Gasteiger partial charge in [0.2, 0.25) is 0 Å². The fourth-order valence-electron chi connectivity index (χ4n) is 4.46. The number of rotatable bonds is 7. The molecule has 1 unspecified atom stereocenters. The number of ether oxygens (including phenoxy) is 3. The highest BCUT2D eigenvalue weighted by Crippen LogP contribution is 2.46. The van der Waals surface area contributed by atoms with Gasteiger partial charge in [-0.05, 0) is 49.7 Å². The maximum Gasteiger partial charge on any atom is 0.301 e. The van der Waals surface area contributed by atoms with E-state index in [2.05, 4.69) is 4.98 Å². The minimum Gasteiger partial charge on any atom is -0.507 e. The van der Waals surface area contributed by atoms with E-state index in [1.165, 1.54) is 23.3 Å². The van der Waals surface area contributed by atoms with Crippen LogP contribution in [0.4, 0.5) is 5.13 Å². The van der Waals surface area contributed by atoms with Crippen molar-refractivity contribution in [3.63, 3.8) is 0 Å². The number of thiazole rings is 1. The minimum absolute atomic E-state index is 0.0260. The van der Waals surface area contributed by atoms with Gasteiger partial charge < -0.3 is 19.3 Å². The van der Waals surface area contributed by atoms with Crippen LogP contribution in [0.25, 0.3) is 16.0 Å². The van der Waals surface area contributed by atoms with Gasteiger partial charge >= 0.3 is 5.91 Å². The summed E-state index contributed by atoms with van der Waals surface area (Å²) in [7, 11) is 3.10. The SMILES string of the molecule is CCOc1ccc(C2/C(=C(\O)c3ccc(C)cc3)C(=O)C(=O)N2c2nc3ccc(OC)cc3s2)cc1OC. The van der Waals surface area contributed by atoms with E-state index in [1.807, 2.05) is 32.0 Å². The van der Waals surface area contributed by atoms with Crippen molar-refractivity contribution in [2.24, 2.45) is 0 Å². The van der Waals surface area contributed by atoms with Gasteiger partial charge in [0.05, 0.1) is 42.7 Å². The lowest BCUT2D eigenvalue weighted by molar-refractivity contribution is -0.132. The Morgan fingerprint density at radius 2 is 1.76 bits per heavy atom. The molecule has 1 aromatic heterocycles. The average molecular weight is 531 g/mol. The maximum atomic E-state index is 13.5. The van der Waals surface area contributed by atoms with Crippen molar-refractivity contribution in [1.82, 2.24) is 4.98 Å². The van der Waals surface area contributed by atoms with Gasteiger partial charge in [0, 0.05) is 5.56 Å². The van der Waals surface area contributed by atoms with Crippen LogP contribution in [0, 0.1) is 6.92 Å². The summed E-state index contributed by atoms with van der Waals surface area (Å²) < 4.78 is 17.3. The molecule has 0 radical (unpaired) electrons. The van der Waals surface area contributed by atoms with Crippen LogP contribution in [0.2, 0.25) is 0 Å². The predicted molar refractivity (Wildman–Crippen MR) is 146 cm³/mol. The van der Waals surface area contributed by atoms with Crippen molar-refractivity contribution in [2.75, 3.05) is 25.7 Å². The number of carbonyl (C=O) groups excluding carboxylic acids is 2. The summed E-state index contributed by atoms with van der Waals surface area (Å²) in [5.41, 5.74) is 2.64. The first-order valence-electron chi connectivity index (χ1n) is 12.0. The van der Waals surface area contributed by atoms with Gasteiger partial charge in [0.15, 0.2) is 16.6 Å². The summed E-state index contributed by atoms with van der Waals surface area (Å²) in [6.45, 7) is 4.24. The first kappa shape index (κ1) is 25.3. The molecule has 1 fully saturated rings. The van der Waals surface area contributed by atoms with Gasteiger partial charge in [0.1, 0.15) is 11.5 Å². The number of aliphatic hydroxyl groups is 1. The van der Waals surface area contributed by atoms with E-state index in [0.717, 1.165) is 10.3 Å². The van der Waals surface area contributed by atoms with E-state index in [1.54, 1.807) is 49.6 Å². The molecule has 1 atom stereocenters. The summed E-state index contributed by atoms with van der Waals surface area (Å²) in [6.07, 6.45) is 0. The molecule has 1 saturated heterocycles. The van der Waals surface area contributed by atoms with Gasteiger partial charge in [-0.2, -0.15) is 0 Å². The average Bonchev–Trinajstić information content (AvgIpc) is 3.46. The van der Waals surface area contributed by atoms with Crippen molar-refractivity contribution in [2.45, 2.75) is 19.9 Å². The van der Waals surface area contributed by atoms with E-state index in [4.69, 9.17) is 14.2 Å². The molecule has 4 aromatic rings. The molecule has 8 nitrogen and oxygen atoms in total. The fourth-order valence-corrected chi connectivity index (χ4v) is 5.48. The first-order chi connectivity index (χ1) is 18.4. The minimum atomic E-state index is -0.941. The Morgan fingerprint density at radius 1 is 1.00 bits per heavy atom. The Kier molecular flexibility index (Phi) is 6.77. The van der Waals surface area contributed by atoms with Gasteiger partial charge in [-0.15, -0.1) is 0 Å². The number of aliphatic hydroxyl groups excluding tert-OH is 1. The van der Waals surface area contributed by atoms with E-state index in [9.17, 15) is 14.7 Å².